The molecule has 0 heterocycles. The van der Waals surface area contributed by atoms with Crippen molar-refractivity contribution in [2.45, 2.75) is 32.7 Å². The number of rotatable bonds is 5. The summed E-state index contributed by atoms with van der Waals surface area (Å²) in [4.78, 5) is 22.0. The summed E-state index contributed by atoms with van der Waals surface area (Å²) in [7, 11) is 0. The Kier molecular flexibility index (Phi) is 5.29. The Balaban J connectivity index is 2.51. The molecule has 5 nitrogen and oxygen atoms in total. The van der Waals surface area contributed by atoms with E-state index in [0.717, 1.165) is 0 Å². The molecule has 104 valence electrons. The third-order valence-electron chi connectivity index (χ3n) is 2.61. The molecule has 1 aromatic carbocycles. The van der Waals surface area contributed by atoms with Crippen molar-refractivity contribution in [3.05, 3.63) is 29.6 Å². The summed E-state index contributed by atoms with van der Waals surface area (Å²) in [6, 6.07) is 3.85. The molecule has 0 aliphatic carbocycles. The lowest BCUT2D eigenvalue weighted by atomic mass is 10.2. The minimum Gasteiger partial charge on any atom is -0.481 e. The molecular weight excluding hydrogens is 251 g/mol. The number of carbonyl (C=O) groups is 2. The molecule has 6 heteroatoms. The summed E-state index contributed by atoms with van der Waals surface area (Å²) in [6.07, 6.45) is 0.291. The van der Waals surface area contributed by atoms with Gasteiger partial charge in [-0.15, -0.1) is 0 Å². The van der Waals surface area contributed by atoms with Gasteiger partial charge in [0, 0.05) is 12.5 Å². The molecule has 0 aliphatic heterocycles. The molecule has 1 atom stereocenters. The van der Waals surface area contributed by atoms with Crippen LogP contribution in [0.25, 0.3) is 0 Å². The number of hydrogen-bond donors (Lipinski definition) is 3. The van der Waals surface area contributed by atoms with Crippen LogP contribution in [-0.4, -0.2) is 23.1 Å². The number of amides is 2. The van der Waals surface area contributed by atoms with Crippen LogP contribution in [0.1, 0.15) is 25.3 Å². The molecule has 0 saturated heterocycles. The molecule has 0 saturated carbocycles. The number of nitrogens with one attached hydrogen (secondary N) is 2. The summed E-state index contributed by atoms with van der Waals surface area (Å²) in [5.41, 5.74) is 0.541. The highest BCUT2D eigenvalue weighted by atomic mass is 19.1. The van der Waals surface area contributed by atoms with Crippen molar-refractivity contribution in [1.82, 2.24) is 5.32 Å². The van der Waals surface area contributed by atoms with E-state index in [4.69, 9.17) is 5.11 Å². The van der Waals surface area contributed by atoms with E-state index in [1.165, 1.54) is 6.07 Å². The second-order valence-corrected chi connectivity index (χ2v) is 4.37. The van der Waals surface area contributed by atoms with E-state index < -0.39 is 17.8 Å². The molecule has 0 bridgehead atoms. The van der Waals surface area contributed by atoms with Gasteiger partial charge in [0.05, 0.1) is 5.69 Å². The second kappa shape index (κ2) is 6.72. The average Bonchev–Trinajstić information content (AvgIpc) is 2.32. The second-order valence-electron chi connectivity index (χ2n) is 4.37. The largest absolute Gasteiger partial charge is 0.481 e. The van der Waals surface area contributed by atoms with Crippen molar-refractivity contribution in [3.63, 3.8) is 0 Å². The summed E-state index contributed by atoms with van der Waals surface area (Å²) in [5, 5.41) is 13.5. The lowest BCUT2D eigenvalue weighted by Crippen LogP contribution is -2.36. The van der Waals surface area contributed by atoms with Crippen LogP contribution < -0.4 is 10.6 Å². The third kappa shape index (κ3) is 4.95. The van der Waals surface area contributed by atoms with Crippen molar-refractivity contribution in [1.29, 1.82) is 0 Å². The number of aryl methyl sites for hydroxylation is 1. The number of aliphatic carboxylic acids is 1. The Bertz CT molecular complexity index is 477. The number of urea groups is 1. The van der Waals surface area contributed by atoms with Gasteiger partial charge in [0.25, 0.3) is 0 Å². The smallest absolute Gasteiger partial charge is 0.319 e. The van der Waals surface area contributed by atoms with Crippen LogP contribution in [0, 0.1) is 12.7 Å². The first-order valence-corrected chi connectivity index (χ1v) is 5.94. The van der Waals surface area contributed by atoms with E-state index in [9.17, 15) is 14.0 Å². The summed E-state index contributed by atoms with van der Waals surface area (Å²) in [6.45, 7) is 3.29. The SMILES string of the molecule is Cc1cccc(NC(=O)NC(C)CCC(=O)O)c1F. The number of hydrogen-bond acceptors (Lipinski definition) is 2. The summed E-state index contributed by atoms with van der Waals surface area (Å²) >= 11 is 0. The maximum atomic E-state index is 13.6. The summed E-state index contributed by atoms with van der Waals surface area (Å²) < 4.78 is 13.6. The van der Waals surface area contributed by atoms with E-state index in [-0.39, 0.29) is 18.2 Å². The maximum Gasteiger partial charge on any atom is 0.319 e. The number of benzene rings is 1. The molecule has 0 spiro atoms. The van der Waals surface area contributed by atoms with Crippen molar-refractivity contribution in [2.24, 2.45) is 0 Å². The number of anilines is 1. The van der Waals surface area contributed by atoms with E-state index in [1.54, 1.807) is 26.0 Å². The molecule has 19 heavy (non-hydrogen) atoms. The molecule has 0 fully saturated rings. The molecule has 1 rings (SSSR count). The van der Waals surface area contributed by atoms with E-state index in [2.05, 4.69) is 10.6 Å². The standard InChI is InChI=1S/C13H17FN2O3/c1-8-4-3-5-10(12(8)14)16-13(19)15-9(2)6-7-11(17)18/h3-5,9H,6-7H2,1-2H3,(H,17,18)(H2,15,16,19). The Morgan fingerprint density at radius 3 is 2.74 bits per heavy atom. The Morgan fingerprint density at radius 2 is 2.11 bits per heavy atom. The first kappa shape index (κ1) is 14.9. The molecule has 2 amide bonds. The van der Waals surface area contributed by atoms with Crippen molar-refractivity contribution < 1.29 is 19.1 Å². The normalized spacial score (nSPS) is 11.7. The van der Waals surface area contributed by atoms with Gasteiger partial charge in [0.1, 0.15) is 5.82 Å². The highest BCUT2D eigenvalue weighted by Crippen LogP contribution is 2.16. The lowest BCUT2D eigenvalue weighted by Gasteiger charge is -2.14. The van der Waals surface area contributed by atoms with Crippen LogP contribution in [0.3, 0.4) is 0 Å². The zero-order chi connectivity index (χ0) is 14.4. The highest BCUT2D eigenvalue weighted by Gasteiger charge is 2.11. The predicted molar refractivity (Wildman–Crippen MR) is 69.6 cm³/mol. The van der Waals surface area contributed by atoms with Crippen LogP contribution >= 0.6 is 0 Å². The quantitative estimate of drug-likeness (QED) is 0.767. The average molecular weight is 268 g/mol. The Hall–Kier alpha value is -2.11. The minimum absolute atomic E-state index is 0.0275. The zero-order valence-electron chi connectivity index (χ0n) is 10.9. The first-order chi connectivity index (χ1) is 8.90. The molecule has 0 radical (unpaired) electrons. The Labute approximate surface area is 110 Å². The lowest BCUT2D eigenvalue weighted by molar-refractivity contribution is -0.137. The fourth-order valence-corrected chi connectivity index (χ4v) is 1.54. The van der Waals surface area contributed by atoms with Gasteiger partial charge in [-0.3, -0.25) is 4.79 Å². The van der Waals surface area contributed by atoms with Crippen LogP contribution in [0.2, 0.25) is 0 Å². The first-order valence-electron chi connectivity index (χ1n) is 5.94. The maximum absolute atomic E-state index is 13.6. The van der Waals surface area contributed by atoms with E-state index in [0.29, 0.717) is 12.0 Å². The molecule has 1 aromatic rings. The van der Waals surface area contributed by atoms with Gasteiger partial charge < -0.3 is 15.7 Å². The van der Waals surface area contributed by atoms with Crippen molar-refractivity contribution >= 4 is 17.7 Å². The van der Waals surface area contributed by atoms with Crippen LogP contribution in [0.4, 0.5) is 14.9 Å². The molecule has 0 aliphatic rings. The number of carbonyl (C=O) groups excluding carboxylic acids is 1. The van der Waals surface area contributed by atoms with E-state index in [1.807, 2.05) is 0 Å². The van der Waals surface area contributed by atoms with Gasteiger partial charge in [0.15, 0.2) is 0 Å². The number of halogens is 1. The topological polar surface area (TPSA) is 78.4 Å². The van der Waals surface area contributed by atoms with Crippen LogP contribution in [-0.2, 0) is 4.79 Å². The van der Waals surface area contributed by atoms with Gasteiger partial charge in [-0.25, -0.2) is 9.18 Å². The van der Waals surface area contributed by atoms with Gasteiger partial charge in [-0.2, -0.15) is 0 Å². The van der Waals surface area contributed by atoms with Gasteiger partial charge in [-0.1, -0.05) is 12.1 Å². The highest BCUT2D eigenvalue weighted by molar-refractivity contribution is 5.89. The number of carboxylic acids is 1. The van der Waals surface area contributed by atoms with Gasteiger partial charge >= 0.3 is 12.0 Å². The molecule has 3 N–H and O–H groups in total. The predicted octanol–water partition coefficient (Wildman–Crippen LogP) is 2.51. The fraction of sp³-hybridized carbons (Fsp3) is 0.385. The van der Waals surface area contributed by atoms with E-state index >= 15 is 0 Å². The number of carboxylic acid groups (broad SMARTS) is 1. The zero-order valence-corrected chi connectivity index (χ0v) is 10.9. The molecule has 1 unspecified atom stereocenters. The van der Waals surface area contributed by atoms with Crippen molar-refractivity contribution in [2.75, 3.05) is 5.32 Å². The molecule has 0 aromatic heterocycles. The van der Waals surface area contributed by atoms with Crippen LogP contribution in [0.5, 0.6) is 0 Å². The minimum atomic E-state index is -0.918. The van der Waals surface area contributed by atoms with Crippen molar-refractivity contribution in [3.8, 4) is 0 Å². The fourth-order valence-electron chi connectivity index (χ4n) is 1.54. The van der Waals surface area contributed by atoms with Crippen LogP contribution in [0.15, 0.2) is 18.2 Å². The third-order valence-corrected chi connectivity index (χ3v) is 2.61. The molecular formula is C13H17FN2O3. The van der Waals surface area contributed by atoms with Gasteiger partial charge in [-0.05, 0) is 31.9 Å². The van der Waals surface area contributed by atoms with Gasteiger partial charge in [0.2, 0.25) is 0 Å². The monoisotopic (exact) mass is 268 g/mol. The Morgan fingerprint density at radius 1 is 1.42 bits per heavy atom. The summed E-state index contributed by atoms with van der Waals surface area (Å²) in [5.74, 6) is -1.39.